The third kappa shape index (κ3) is 3.61. The number of hydrogen-bond acceptors (Lipinski definition) is 5. The molecule has 0 bridgehead atoms. The topological polar surface area (TPSA) is 86.1 Å². The molecule has 19 heavy (non-hydrogen) atoms. The van der Waals surface area contributed by atoms with Crippen LogP contribution < -0.4 is 15.2 Å². The van der Waals surface area contributed by atoms with E-state index in [4.69, 9.17) is 15.2 Å². The first-order valence-electron chi connectivity index (χ1n) is 5.99. The molecule has 2 rings (SSSR count). The van der Waals surface area contributed by atoms with Crippen molar-refractivity contribution < 1.29 is 9.47 Å². The molecule has 6 heteroatoms. The third-order valence-electron chi connectivity index (χ3n) is 2.16. The summed E-state index contributed by atoms with van der Waals surface area (Å²) in [6.45, 7) is 7.68. The van der Waals surface area contributed by atoms with Crippen molar-refractivity contribution in [3.63, 3.8) is 0 Å². The highest BCUT2D eigenvalue weighted by Crippen LogP contribution is 2.27. The SMILES string of the molecule is Cc1cc(Oc2ccc(N)c(OC(C)(C)C)n2)n[nH]1. The molecule has 102 valence electrons. The summed E-state index contributed by atoms with van der Waals surface area (Å²) < 4.78 is 11.2. The first kappa shape index (κ1) is 13.2. The van der Waals surface area contributed by atoms with Gasteiger partial charge in [0.15, 0.2) is 0 Å². The Balaban J connectivity index is 2.21. The van der Waals surface area contributed by atoms with Crippen molar-refractivity contribution in [1.82, 2.24) is 15.2 Å². The molecule has 3 N–H and O–H groups in total. The number of hydrogen-bond donors (Lipinski definition) is 2. The Labute approximate surface area is 111 Å². The molecule has 0 radical (unpaired) electrons. The fraction of sp³-hybridized carbons (Fsp3) is 0.385. The summed E-state index contributed by atoms with van der Waals surface area (Å²) in [4.78, 5) is 4.24. The fourth-order valence-corrected chi connectivity index (χ4v) is 1.42. The summed E-state index contributed by atoms with van der Waals surface area (Å²) in [5.41, 5.74) is 6.84. The van der Waals surface area contributed by atoms with Gasteiger partial charge in [-0.15, -0.1) is 5.10 Å². The zero-order valence-corrected chi connectivity index (χ0v) is 11.5. The third-order valence-corrected chi connectivity index (χ3v) is 2.16. The zero-order valence-electron chi connectivity index (χ0n) is 11.5. The number of nitrogens with two attached hydrogens (primary N) is 1. The number of nitrogens with zero attached hydrogens (tertiary/aromatic N) is 2. The molecule has 0 fully saturated rings. The summed E-state index contributed by atoms with van der Waals surface area (Å²) in [7, 11) is 0. The molecule has 2 aromatic rings. The number of anilines is 1. The second-order valence-corrected chi connectivity index (χ2v) is 5.25. The van der Waals surface area contributed by atoms with Crippen LogP contribution >= 0.6 is 0 Å². The predicted molar refractivity (Wildman–Crippen MR) is 72.4 cm³/mol. The van der Waals surface area contributed by atoms with E-state index < -0.39 is 0 Å². The highest BCUT2D eigenvalue weighted by molar-refractivity contribution is 5.49. The van der Waals surface area contributed by atoms with Crippen LogP contribution in [0.3, 0.4) is 0 Å². The average molecular weight is 262 g/mol. The van der Waals surface area contributed by atoms with Crippen LogP contribution in [0.2, 0.25) is 0 Å². The van der Waals surface area contributed by atoms with Crippen molar-refractivity contribution in [1.29, 1.82) is 0 Å². The van der Waals surface area contributed by atoms with E-state index in [1.165, 1.54) is 0 Å². The number of nitrogen functional groups attached to an aromatic ring is 1. The normalized spacial score (nSPS) is 11.4. The molecule has 0 spiro atoms. The van der Waals surface area contributed by atoms with Gasteiger partial charge in [0.05, 0.1) is 5.69 Å². The molecular formula is C13H18N4O2. The van der Waals surface area contributed by atoms with Crippen LogP contribution in [0.5, 0.6) is 17.6 Å². The van der Waals surface area contributed by atoms with E-state index in [2.05, 4.69) is 15.2 Å². The van der Waals surface area contributed by atoms with Crippen molar-refractivity contribution in [2.24, 2.45) is 0 Å². The van der Waals surface area contributed by atoms with Gasteiger partial charge in [0.25, 0.3) is 0 Å². The molecule has 2 aromatic heterocycles. The Morgan fingerprint density at radius 3 is 2.53 bits per heavy atom. The van der Waals surface area contributed by atoms with Gasteiger partial charge in [0.1, 0.15) is 5.60 Å². The van der Waals surface area contributed by atoms with Crippen LogP contribution in [0.25, 0.3) is 0 Å². The van der Waals surface area contributed by atoms with Crippen LogP contribution in [0.4, 0.5) is 5.69 Å². The number of nitrogens with one attached hydrogen (secondary N) is 1. The first-order valence-corrected chi connectivity index (χ1v) is 5.99. The number of aryl methyl sites for hydroxylation is 1. The molecule has 0 atom stereocenters. The van der Waals surface area contributed by atoms with Crippen molar-refractivity contribution in [3.05, 3.63) is 23.9 Å². The van der Waals surface area contributed by atoms with Gasteiger partial charge in [0.2, 0.25) is 17.6 Å². The van der Waals surface area contributed by atoms with E-state index in [9.17, 15) is 0 Å². The summed E-state index contributed by atoms with van der Waals surface area (Å²) >= 11 is 0. The Bertz CT molecular complexity index is 572. The maximum atomic E-state index is 5.83. The minimum absolute atomic E-state index is 0.359. The van der Waals surface area contributed by atoms with Gasteiger partial charge < -0.3 is 15.2 Å². The van der Waals surface area contributed by atoms with E-state index in [1.807, 2.05) is 27.7 Å². The standard InChI is InChI=1S/C13H18N4O2/c1-8-7-11(17-16-8)18-10-6-5-9(14)12(15-10)19-13(2,3)4/h5-7H,14H2,1-4H3,(H,16,17). The van der Waals surface area contributed by atoms with Gasteiger partial charge in [-0.1, -0.05) is 0 Å². The Morgan fingerprint density at radius 1 is 1.21 bits per heavy atom. The lowest BCUT2D eigenvalue weighted by Crippen LogP contribution is -2.24. The van der Waals surface area contributed by atoms with E-state index >= 15 is 0 Å². The van der Waals surface area contributed by atoms with Crippen LogP contribution in [-0.2, 0) is 0 Å². The largest absolute Gasteiger partial charge is 0.470 e. The second-order valence-electron chi connectivity index (χ2n) is 5.25. The van der Waals surface area contributed by atoms with Crippen molar-refractivity contribution in [2.75, 3.05) is 5.73 Å². The van der Waals surface area contributed by atoms with E-state index in [0.29, 0.717) is 23.3 Å². The van der Waals surface area contributed by atoms with Crippen molar-refractivity contribution in [3.8, 4) is 17.6 Å². The Hall–Kier alpha value is -2.24. The summed E-state index contributed by atoms with van der Waals surface area (Å²) in [5.74, 6) is 1.20. The van der Waals surface area contributed by atoms with Crippen LogP contribution in [0.1, 0.15) is 26.5 Å². The van der Waals surface area contributed by atoms with Gasteiger partial charge in [-0.2, -0.15) is 4.98 Å². The second kappa shape index (κ2) is 4.79. The lowest BCUT2D eigenvalue weighted by Gasteiger charge is -2.21. The van der Waals surface area contributed by atoms with E-state index in [1.54, 1.807) is 18.2 Å². The van der Waals surface area contributed by atoms with Crippen molar-refractivity contribution in [2.45, 2.75) is 33.3 Å². The number of aromatic amines is 1. The van der Waals surface area contributed by atoms with Gasteiger partial charge in [-0.3, -0.25) is 5.10 Å². The van der Waals surface area contributed by atoms with Crippen LogP contribution in [0.15, 0.2) is 18.2 Å². The number of rotatable bonds is 3. The van der Waals surface area contributed by atoms with E-state index in [-0.39, 0.29) is 5.60 Å². The predicted octanol–water partition coefficient (Wildman–Crippen LogP) is 2.66. The molecule has 0 unspecified atom stereocenters. The number of aromatic nitrogens is 3. The molecule has 0 aliphatic rings. The maximum absolute atomic E-state index is 5.83. The molecule has 0 aliphatic heterocycles. The lowest BCUT2D eigenvalue weighted by atomic mass is 10.2. The van der Waals surface area contributed by atoms with Crippen molar-refractivity contribution >= 4 is 5.69 Å². The van der Waals surface area contributed by atoms with E-state index in [0.717, 1.165) is 5.69 Å². The van der Waals surface area contributed by atoms with Gasteiger partial charge in [-0.25, -0.2) is 0 Å². The molecule has 0 aliphatic carbocycles. The molecule has 0 aromatic carbocycles. The highest BCUT2D eigenvalue weighted by Gasteiger charge is 2.16. The number of ether oxygens (including phenoxy) is 2. The summed E-state index contributed by atoms with van der Waals surface area (Å²) in [5, 5.41) is 6.77. The Morgan fingerprint density at radius 2 is 1.95 bits per heavy atom. The monoisotopic (exact) mass is 262 g/mol. The first-order chi connectivity index (χ1) is 8.83. The molecular weight excluding hydrogens is 244 g/mol. The fourth-order valence-electron chi connectivity index (χ4n) is 1.42. The molecule has 0 saturated heterocycles. The summed E-state index contributed by atoms with van der Waals surface area (Å²) in [6.07, 6.45) is 0. The molecule has 6 nitrogen and oxygen atoms in total. The van der Waals surface area contributed by atoms with Crippen LogP contribution in [-0.4, -0.2) is 20.8 Å². The smallest absolute Gasteiger partial charge is 0.241 e. The van der Waals surface area contributed by atoms with Gasteiger partial charge in [-0.05, 0) is 33.8 Å². The lowest BCUT2D eigenvalue weighted by molar-refractivity contribution is 0.124. The maximum Gasteiger partial charge on any atom is 0.241 e. The van der Waals surface area contributed by atoms with Gasteiger partial charge in [0, 0.05) is 17.8 Å². The minimum atomic E-state index is -0.372. The number of pyridine rings is 1. The quantitative estimate of drug-likeness (QED) is 0.888. The average Bonchev–Trinajstić information content (AvgIpc) is 2.67. The van der Waals surface area contributed by atoms with Crippen LogP contribution in [0, 0.1) is 6.92 Å². The molecule has 2 heterocycles. The number of H-pyrrole nitrogens is 1. The molecule has 0 amide bonds. The zero-order chi connectivity index (χ0) is 14.0. The highest BCUT2D eigenvalue weighted by atomic mass is 16.5. The summed E-state index contributed by atoms with van der Waals surface area (Å²) in [6, 6.07) is 5.15. The molecule has 0 saturated carbocycles. The van der Waals surface area contributed by atoms with Gasteiger partial charge >= 0.3 is 0 Å². The Kier molecular flexibility index (Phi) is 3.33. The minimum Gasteiger partial charge on any atom is -0.470 e.